The van der Waals surface area contributed by atoms with Crippen molar-refractivity contribution in [3.8, 4) is 0 Å². The summed E-state index contributed by atoms with van der Waals surface area (Å²) in [7, 11) is 0. The van der Waals surface area contributed by atoms with E-state index in [1.165, 1.54) is 18.0 Å². The summed E-state index contributed by atoms with van der Waals surface area (Å²) in [6, 6.07) is 11.4. The van der Waals surface area contributed by atoms with Gasteiger partial charge in [-0.15, -0.1) is 24.8 Å². The van der Waals surface area contributed by atoms with Crippen molar-refractivity contribution < 1.29 is 4.79 Å². The first-order valence-corrected chi connectivity index (χ1v) is 12.8. The normalized spacial score (nSPS) is 17.1. The van der Waals surface area contributed by atoms with Crippen LogP contribution in [0.15, 0.2) is 47.6 Å². The van der Waals surface area contributed by atoms with Gasteiger partial charge in [-0.25, -0.2) is 9.97 Å². The summed E-state index contributed by atoms with van der Waals surface area (Å²) in [6.45, 7) is 4.90. The van der Waals surface area contributed by atoms with E-state index < -0.39 is 0 Å². The molecule has 5 rings (SSSR count). The molecule has 2 aromatic carbocycles. The third-order valence-electron chi connectivity index (χ3n) is 5.68. The van der Waals surface area contributed by atoms with Crippen molar-refractivity contribution in [2.24, 2.45) is 0 Å². The van der Waals surface area contributed by atoms with Gasteiger partial charge < -0.3 is 15.5 Å². The number of aromatic nitrogens is 2. The quantitative estimate of drug-likeness (QED) is 0.326. The summed E-state index contributed by atoms with van der Waals surface area (Å²) in [5.41, 5.74) is 2.67. The Balaban J connectivity index is 0.00000180. The first-order chi connectivity index (χ1) is 16.4. The second-order valence-electron chi connectivity index (χ2n) is 8.08. The van der Waals surface area contributed by atoms with Gasteiger partial charge in [-0.3, -0.25) is 9.69 Å². The van der Waals surface area contributed by atoms with Gasteiger partial charge in [0.15, 0.2) is 0 Å². The number of fused-ring (bicyclic) bond motifs is 1. The average molecular weight is 609 g/mol. The Labute approximate surface area is 241 Å². The van der Waals surface area contributed by atoms with Crippen LogP contribution in [0.25, 0.3) is 0 Å². The van der Waals surface area contributed by atoms with Crippen molar-refractivity contribution in [1.82, 2.24) is 15.3 Å². The smallest absolute Gasteiger partial charge is 0.263 e. The number of nitrogens with one attached hydrogen (secondary N) is 2. The molecule has 1 aromatic heterocycles. The van der Waals surface area contributed by atoms with Crippen molar-refractivity contribution in [1.29, 1.82) is 0 Å². The van der Waals surface area contributed by atoms with Gasteiger partial charge in [-0.2, -0.15) is 0 Å². The van der Waals surface area contributed by atoms with Crippen LogP contribution in [0, 0.1) is 0 Å². The number of hydrogen-bond acceptors (Lipinski definition) is 7. The fraction of sp³-hybridized carbons (Fsp3) is 0.261. The fourth-order valence-corrected chi connectivity index (χ4v) is 5.89. The molecule has 1 unspecified atom stereocenters. The molecule has 0 aliphatic carbocycles. The average Bonchev–Trinajstić information content (AvgIpc) is 2.80. The van der Waals surface area contributed by atoms with Gasteiger partial charge >= 0.3 is 0 Å². The number of anilines is 4. The Morgan fingerprint density at radius 1 is 1.11 bits per heavy atom. The van der Waals surface area contributed by atoms with Crippen molar-refractivity contribution in [3.63, 3.8) is 0 Å². The third-order valence-corrected chi connectivity index (χ3v) is 7.57. The van der Waals surface area contributed by atoms with E-state index in [9.17, 15) is 4.79 Å². The lowest BCUT2D eigenvalue weighted by atomic mass is 10.2. The molecule has 36 heavy (non-hydrogen) atoms. The maximum Gasteiger partial charge on any atom is 0.263 e. The van der Waals surface area contributed by atoms with Gasteiger partial charge in [-0.05, 0) is 37.3 Å². The topological polar surface area (TPSA) is 73.4 Å². The van der Waals surface area contributed by atoms with Gasteiger partial charge in [0.05, 0.1) is 37.9 Å². The zero-order chi connectivity index (χ0) is 23.8. The van der Waals surface area contributed by atoms with Gasteiger partial charge in [-0.1, -0.05) is 52.6 Å². The van der Waals surface area contributed by atoms with Gasteiger partial charge in [0.25, 0.3) is 5.91 Å². The Morgan fingerprint density at radius 3 is 2.56 bits per heavy atom. The molecule has 3 aromatic rings. The molecule has 0 saturated carbocycles. The number of amides is 1. The maximum absolute atomic E-state index is 13.1. The Bertz CT molecular complexity index is 1250. The van der Waals surface area contributed by atoms with E-state index in [1.807, 2.05) is 18.2 Å². The van der Waals surface area contributed by atoms with Crippen LogP contribution in [0.5, 0.6) is 0 Å². The number of carbonyl (C=O) groups excluding carboxylic acids is 1. The summed E-state index contributed by atoms with van der Waals surface area (Å²) in [6.07, 6.45) is 1.52. The monoisotopic (exact) mass is 606 g/mol. The molecule has 7 nitrogen and oxygen atoms in total. The Hall–Kier alpha value is -1.65. The van der Waals surface area contributed by atoms with Crippen molar-refractivity contribution >= 4 is 100 Å². The van der Waals surface area contributed by atoms with E-state index in [4.69, 9.17) is 34.8 Å². The van der Waals surface area contributed by atoms with Crippen LogP contribution >= 0.6 is 71.4 Å². The number of hydrogen-bond donors (Lipinski definition) is 2. The number of thioether (sulfide) groups is 1. The standard InChI is InChI=1S/C23H21Cl3N6OS.2ClH/c1-13-11-31(8-7-27-13)19-6-5-14(9-18(19)26)29-23-28-10-15-21(30-23)34-12-32(22(15)33)20-16(24)3-2-4-17(20)25;;/h2-6,9-10,13,27H,7-8,11-12H2,1H3,(H,28,29,30);2*1H. The number of rotatable bonds is 4. The highest BCUT2D eigenvalue weighted by molar-refractivity contribution is 7.99. The molecule has 1 saturated heterocycles. The molecule has 1 amide bonds. The molecule has 1 atom stereocenters. The number of benzene rings is 2. The highest BCUT2D eigenvalue weighted by atomic mass is 35.5. The van der Waals surface area contributed by atoms with Crippen LogP contribution in [0.4, 0.5) is 23.0 Å². The number of halogens is 5. The van der Waals surface area contributed by atoms with Crippen molar-refractivity contribution in [2.45, 2.75) is 18.0 Å². The molecule has 1 fully saturated rings. The molecular formula is C23H23Cl5N6OS. The van der Waals surface area contributed by atoms with Crippen LogP contribution in [0.1, 0.15) is 17.3 Å². The molecule has 0 spiro atoms. The minimum atomic E-state index is -0.243. The largest absolute Gasteiger partial charge is 0.368 e. The molecule has 192 valence electrons. The van der Waals surface area contributed by atoms with Crippen LogP contribution in [-0.4, -0.2) is 47.4 Å². The molecule has 2 aliphatic rings. The van der Waals surface area contributed by atoms with Crippen LogP contribution in [0.2, 0.25) is 15.1 Å². The number of nitrogens with zero attached hydrogens (tertiary/aromatic N) is 4. The third kappa shape index (κ3) is 5.91. The molecule has 0 radical (unpaired) electrons. The highest BCUT2D eigenvalue weighted by Gasteiger charge is 2.30. The van der Waals surface area contributed by atoms with E-state index in [-0.39, 0.29) is 30.7 Å². The lowest BCUT2D eigenvalue weighted by Crippen LogP contribution is -2.49. The van der Waals surface area contributed by atoms with Gasteiger partial charge in [0, 0.05) is 37.6 Å². The highest BCUT2D eigenvalue weighted by Crippen LogP contribution is 2.39. The number of carbonyl (C=O) groups is 1. The van der Waals surface area contributed by atoms with E-state index in [0.29, 0.717) is 49.2 Å². The molecule has 2 N–H and O–H groups in total. The Kier molecular flexibility index (Phi) is 9.85. The first kappa shape index (κ1) is 28.9. The maximum atomic E-state index is 13.1. The predicted octanol–water partition coefficient (Wildman–Crippen LogP) is 6.53. The first-order valence-electron chi connectivity index (χ1n) is 10.7. The molecule has 0 bridgehead atoms. The van der Waals surface area contributed by atoms with Crippen LogP contribution in [-0.2, 0) is 0 Å². The summed E-state index contributed by atoms with van der Waals surface area (Å²) >= 11 is 20.6. The van der Waals surface area contributed by atoms with Crippen molar-refractivity contribution in [3.05, 3.63) is 63.2 Å². The van der Waals surface area contributed by atoms with Crippen LogP contribution < -0.4 is 20.4 Å². The molecule has 2 aliphatic heterocycles. The minimum absolute atomic E-state index is 0. The molecule has 3 heterocycles. The summed E-state index contributed by atoms with van der Waals surface area (Å²) < 4.78 is 0. The van der Waals surface area contributed by atoms with E-state index in [2.05, 4.69) is 32.4 Å². The van der Waals surface area contributed by atoms with Crippen molar-refractivity contribution in [2.75, 3.05) is 40.6 Å². The summed E-state index contributed by atoms with van der Waals surface area (Å²) in [4.78, 5) is 25.8. The Morgan fingerprint density at radius 2 is 1.86 bits per heavy atom. The number of para-hydroxylation sites is 1. The fourth-order valence-electron chi connectivity index (χ4n) is 4.05. The van der Waals surface area contributed by atoms with E-state index in [1.54, 1.807) is 23.1 Å². The second kappa shape index (κ2) is 12.3. The predicted molar refractivity (Wildman–Crippen MR) is 155 cm³/mol. The van der Waals surface area contributed by atoms with Gasteiger partial charge in [0.2, 0.25) is 5.95 Å². The summed E-state index contributed by atoms with van der Waals surface area (Å²) in [5, 5.41) is 8.72. The SMILES string of the molecule is CC1CN(c2ccc(Nc3ncc4c(n3)SCN(c3c(Cl)cccc3Cl)C4=O)cc2Cl)CCN1.Cl.Cl. The molecule has 13 heteroatoms. The zero-order valence-electron chi connectivity index (χ0n) is 19.0. The van der Waals surface area contributed by atoms with Crippen LogP contribution in [0.3, 0.4) is 0 Å². The van der Waals surface area contributed by atoms with E-state index in [0.717, 1.165) is 31.0 Å². The van der Waals surface area contributed by atoms with E-state index >= 15 is 0 Å². The lowest BCUT2D eigenvalue weighted by molar-refractivity contribution is 0.0985. The number of piperazine rings is 1. The lowest BCUT2D eigenvalue weighted by Gasteiger charge is -2.34. The summed E-state index contributed by atoms with van der Waals surface area (Å²) in [5.74, 6) is 0.492. The van der Waals surface area contributed by atoms with Gasteiger partial charge in [0.1, 0.15) is 5.03 Å². The minimum Gasteiger partial charge on any atom is -0.368 e. The molecular weight excluding hydrogens is 586 g/mol. The second-order valence-corrected chi connectivity index (χ2v) is 10.2. The zero-order valence-corrected chi connectivity index (χ0v) is 23.7.